The molecule has 0 spiro atoms. The Morgan fingerprint density at radius 3 is 3.03 bits per heavy atom. The number of benzene rings is 1. The number of carbonyl (C=O) groups excluding carboxylic acids is 1. The molecular weight excluding hydrogens is 414 g/mol. The van der Waals surface area contributed by atoms with Crippen LogP contribution in [0.3, 0.4) is 0 Å². The molecule has 0 saturated carbocycles. The van der Waals surface area contributed by atoms with E-state index in [1.165, 1.54) is 36.5 Å². The molecule has 1 aliphatic heterocycles. The van der Waals surface area contributed by atoms with Crippen molar-refractivity contribution in [1.82, 2.24) is 15.0 Å². The normalized spacial score (nSPS) is 16.9. The third-order valence-corrected chi connectivity index (χ3v) is 7.48. The van der Waals surface area contributed by atoms with Crippen LogP contribution >= 0.6 is 23.1 Å². The molecule has 1 atom stereocenters. The Kier molecular flexibility index (Phi) is 6.53. The van der Waals surface area contributed by atoms with Crippen LogP contribution in [0.15, 0.2) is 35.6 Å². The number of hydrogen-bond acceptors (Lipinski definition) is 7. The molecule has 3 heterocycles. The highest BCUT2D eigenvalue weighted by atomic mass is 32.2. The molecule has 2 aromatic heterocycles. The highest BCUT2D eigenvalue weighted by Gasteiger charge is 2.21. The fourth-order valence-electron chi connectivity index (χ4n) is 3.63. The average molecular weight is 442 g/mol. The Balaban J connectivity index is 1.43. The number of anilines is 2. The summed E-state index contributed by atoms with van der Waals surface area (Å²) in [5.41, 5.74) is 2.76. The quantitative estimate of drug-likeness (QED) is 0.420. The largest absolute Gasteiger partial charge is 0.348 e. The van der Waals surface area contributed by atoms with E-state index in [-0.39, 0.29) is 5.91 Å². The van der Waals surface area contributed by atoms with Crippen LogP contribution in [0.1, 0.15) is 45.1 Å². The first-order chi connectivity index (χ1) is 14.5. The van der Waals surface area contributed by atoms with Crippen molar-refractivity contribution in [2.45, 2.75) is 44.6 Å². The maximum atomic E-state index is 12.5. The van der Waals surface area contributed by atoms with Crippen LogP contribution in [-0.2, 0) is 4.79 Å². The van der Waals surface area contributed by atoms with Gasteiger partial charge in [-0.15, -0.1) is 0 Å². The van der Waals surface area contributed by atoms with Gasteiger partial charge in [-0.05, 0) is 42.4 Å². The van der Waals surface area contributed by atoms with E-state index in [1.807, 2.05) is 18.2 Å². The predicted molar refractivity (Wildman–Crippen MR) is 126 cm³/mol. The van der Waals surface area contributed by atoms with Crippen molar-refractivity contribution in [1.29, 1.82) is 0 Å². The number of amides is 1. The maximum absolute atomic E-state index is 12.5. The Hall–Kier alpha value is -2.19. The summed E-state index contributed by atoms with van der Waals surface area (Å²) in [6.07, 6.45) is 4.01. The number of fused-ring (bicyclic) bond motifs is 1. The van der Waals surface area contributed by atoms with Gasteiger partial charge in [0.2, 0.25) is 5.91 Å². The number of thioether (sulfide) groups is 1. The van der Waals surface area contributed by atoms with Gasteiger partial charge in [0.05, 0.1) is 5.75 Å². The molecule has 0 aliphatic carbocycles. The average Bonchev–Trinajstić information content (AvgIpc) is 3.17. The summed E-state index contributed by atoms with van der Waals surface area (Å²) in [6.45, 7) is 8.65. The van der Waals surface area contributed by atoms with Gasteiger partial charge in [-0.2, -0.15) is 4.98 Å². The third-order valence-electron chi connectivity index (χ3n) is 5.25. The highest BCUT2D eigenvalue weighted by Crippen LogP contribution is 2.35. The second kappa shape index (κ2) is 9.31. The van der Waals surface area contributed by atoms with Gasteiger partial charge in [-0.1, -0.05) is 56.0 Å². The minimum Gasteiger partial charge on any atom is -0.348 e. The molecule has 0 unspecified atom stereocenters. The van der Waals surface area contributed by atoms with Crippen LogP contribution in [0.5, 0.6) is 0 Å². The second-order valence-corrected chi connectivity index (χ2v) is 10.1. The molecular formula is C22H27N5OS2. The van der Waals surface area contributed by atoms with Gasteiger partial charge in [0.1, 0.15) is 16.1 Å². The van der Waals surface area contributed by atoms with Crippen molar-refractivity contribution in [2.24, 2.45) is 5.92 Å². The summed E-state index contributed by atoms with van der Waals surface area (Å²) < 4.78 is 0.963. The van der Waals surface area contributed by atoms with Gasteiger partial charge in [-0.3, -0.25) is 4.79 Å². The van der Waals surface area contributed by atoms with Gasteiger partial charge >= 0.3 is 0 Å². The van der Waals surface area contributed by atoms with E-state index in [0.717, 1.165) is 39.3 Å². The Bertz CT molecular complexity index is 1040. The molecule has 1 aliphatic rings. The number of rotatable bonds is 6. The SMILES string of the molecule is CC(C)c1cccc(NC(=O)CSc2ncnc3nc(N4CCC[C@@H](C)C4)sc23)c1. The van der Waals surface area contributed by atoms with Crippen molar-refractivity contribution in [2.75, 3.05) is 29.1 Å². The van der Waals surface area contributed by atoms with E-state index in [1.54, 1.807) is 11.3 Å². The molecule has 0 bridgehead atoms. The first-order valence-corrected chi connectivity index (χ1v) is 12.2. The summed E-state index contributed by atoms with van der Waals surface area (Å²) in [5.74, 6) is 1.37. The van der Waals surface area contributed by atoms with Crippen LogP contribution in [0.2, 0.25) is 0 Å². The van der Waals surface area contributed by atoms with Crippen LogP contribution in [0, 0.1) is 5.92 Å². The summed E-state index contributed by atoms with van der Waals surface area (Å²) in [7, 11) is 0. The third kappa shape index (κ3) is 4.92. The van der Waals surface area contributed by atoms with Crippen LogP contribution in [-0.4, -0.2) is 39.7 Å². The van der Waals surface area contributed by atoms with Gasteiger partial charge in [0.15, 0.2) is 10.8 Å². The molecule has 1 N–H and O–H groups in total. The number of aromatic nitrogens is 3. The van der Waals surface area contributed by atoms with Crippen molar-refractivity contribution in [3.05, 3.63) is 36.2 Å². The van der Waals surface area contributed by atoms with E-state index in [9.17, 15) is 4.79 Å². The van der Waals surface area contributed by atoms with Crippen LogP contribution in [0.4, 0.5) is 10.8 Å². The monoisotopic (exact) mass is 441 g/mol. The van der Waals surface area contributed by atoms with E-state index in [0.29, 0.717) is 17.6 Å². The Morgan fingerprint density at radius 2 is 2.23 bits per heavy atom. The molecule has 3 aromatic rings. The maximum Gasteiger partial charge on any atom is 0.234 e. The fraction of sp³-hybridized carbons (Fsp3) is 0.455. The minimum atomic E-state index is -0.0396. The number of piperidine rings is 1. The van der Waals surface area contributed by atoms with E-state index in [2.05, 4.69) is 47.0 Å². The van der Waals surface area contributed by atoms with E-state index >= 15 is 0 Å². The molecule has 0 radical (unpaired) electrons. The van der Waals surface area contributed by atoms with Crippen molar-refractivity contribution >= 4 is 50.2 Å². The molecule has 4 rings (SSSR count). The second-order valence-electron chi connectivity index (χ2n) is 8.14. The number of carbonyl (C=O) groups is 1. The topological polar surface area (TPSA) is 71.0 Å². The standard InChI is InChI=1S/C22H27N5OS2/c1-14(2)16-7-4-8-17(10-16)25-18(28)12-29-21-19-20(23-13-24-21)26-22(30-19)27-9-5-6-15(3)11-27/h4,7-8,10,13-15H,5-6,9,11-12H2,1-3H3,(H,25,28)/t15-/m1/s1. The number of hydrogen-bond donors (Lipinski definition) is 1. The Morgan fingerprint density at radius 1 is 1.37 bits per heavy atom. The van der Waals surface area contributed by atoms with Crippen molar-refractivity contribution in [3.8, 4) is 0 Å². The zero-order valence-electron chi connectivity index (χ0n) is 17.6. The van der Waals surface area contributed by atoms with Crippen LogP contribution in [0.25, 0.3) is 10.3 Å². The lowest BCUT2D eigenvalue weighted by atomic mass is 10.0. The molecule has 6 nitrogen and oxygen atoms in total. The van der Waals surface area contributed by atoms with Gasteiger partial charge in [-0.25, -0.2) is 9.97 Å². The highest BCUT2D eigenvalue weighted by molar-refractivity contribution is 8.00. The Labute approximate surface area is 185 Å². The van der Waals surface area contributed by atoms with Gasteiger partial charge in [0, 0.05) is 18.8 Å². The van der Waals surface area contributed by atoms with Crippen LogP contribution < -0.4 is 10.2 Å². The molecule has 1 saturated heterocycles. The lowest BCUT2D eigenvalue weighted by Crippen LogP contribution is -2.34. The molecule has 158 valence electrons. The fourth-order valence-corrected chi connectivity index (χ4v) is 5.56. The first kappa shape index (κ1) is 21.1. The van der Waals surface area contributed by atoms with Crippen molar-refractivity contribution < 1.29 is 4.79 Å². The zero-order valence-corrected chi connectivity index (χ0v) is 19.2. The molecule has 8 heteroatoms. The van der Waals surface area contributed by atoms with Gasteiger partial charge < -0.3 is 10.2 Å². The summed E-state index contributed by atoms with van der Waals surface area (Å²) >= 11 is 3.07. The first-order valence-electron chi connectivity index (χ1n) is 10.4. The zero-order chi connectivity index (χ0) is 21.1. The number of nitrogens with zero attached hydrogens (tertiary/aromatic N) is 4. The lowest BCUT2D eigenvalue weighted by Gasteiger charge is -2.30. The summed E-state index contributed by atoms with van der Waals surface area (Å²) in [4.78, 5) is 28.3. The van der Waals surface area contributed by atoms with E-state index in [4.69, 9.17) is 4.98 Å². The number of thiazole rings is 1. The molecule has 30 heavy (non-hydrogen) atoms. The van der Waals surface area contributed by atoms with Gasteiger partial charge in [0.25, 0.3) is 0 Å². The predicted octanol–water partition coefficient (Wildman–Crippen LogP) is 5.18. The lowest BCUT2D eigenvalue weighted by molar-refractivity contribution is -0.113. The molecule has 1 aromatic carbocycles. The summed E-state index contributed by atoms with van der Waals surface area (Å²) in [5, 5.41) is 4.82. The molecule has 1 amide bonds. The summed E-state index contributed by atoms with van der Waals surface area (Å²) in [6, 6.07) is 8.02. The van der Waals surface area contributed by atoms with E-state index < -0.39 is 0 Å². The minimum absolute atomic E-state index is 0.0396. The van der Waals surface area contributed by atoms with Crippen molar-refractivity contribution in [3.63, 3.8) is 0 Å². The smallest absolute Gasteiger partial charge is 0.234 e. The number of nitrogens with one attached hydrogen (secondary N) is 1. The molecule has 1 fully saturated rings.